The van der Waals surface area contributed by atoms with Gasteiger partial charge in [-0.3, -0.25) is 9.59 Å². The summed E-state index contributed by atoms with van der Waals surface area (Å²) in [6.45, 7) is 8.72. The molecule has 1 aromatic rings. The zero-order valence-electron chi connectivity index (χ0n) is 14.3. The molecule has 0 saturated carbocycles. The first kappa shape index (κ1) is 17.9. The van der Waals surface area contributed by atoms with Gasteiger partial charge in [0, 0.05) is 25.6 Å². The van der Waals surface area contributed by atoms with Gasteiger partial charge in [-0.05, 0) is 13.3 Å². The second-order valence-corrected chi connectivity index (χ2v) is 8.18. The van der Waals surface area contributed by atoms with Crippen LogP contribution in [0, 0.1) is 12.3 Å². The number of carbonyl (C=O) groups is 2. The highest BCUT2D eigenvalue weighted by atomic mass is 32.1. The molecule has 0 spiro atoms. The zero-order valence-corrected chi connectivity index (χ0v) is 15.1. The highest BCUT2D eigenvalue weighted by Gasteiger charge is 2.47. The molecule has 1 fully saturated rings. The monoisotopic (exact) mass is 340 g/mol. The average molecular weight is 340 g/mol. The lowest BCUT2D eigenvalue weighted by atomic mass is 9.88. The third-order valence-corrected chi connectivity index (χ3v) is 5.72. The van der Waals surface area contributed by atoms with Crippen molar-refractivity contribution in [2.24, 2.45) is 5.41 Å². The van der Waals surface area contributed by atoms with Crippen LogP contribution in [0.15, 0.2) is 0 Å². The number of hydrogen-bond donors (Lipinski definition) is 1. The lowest BCUT2D eigenvalue weighted by molar-refractivity contribution is -0.151. The molecule has 1 unspecified atom stereocenters. The molecule has 1 saturated heterocycles. The van der Waals surface area contributed by atoms with Crippen LogP contribution in [0.25, 0.3) is 0 Å². The summed E-state index contributed by atoms with van der Waals surface area (Å²) in [4.78, 5) is 31.1. The maximum atomic E-state index is 12.8. The molecule has 2 rings (SSSR count). The number of carbonyl (C=O) groups excluding carboxylic acids is 1. The molecule has 2 heterocycles. The first-order chi connectivity index (χ1) is 10.6. The van der Waals surface area contributed by atoms with E-state index in [4.69, 9.17) is 4.74 Å². The number of carboxylic acid groups (broad SMARTS) is 1. The number of thiazole rings is 1. The smallest absolute Gasteiger partial charge is 0.313 e. The van der Waals surface area contributed by atoms with Crippen LogP contribution in [-0.2, 0) is 14.9 Å². The molecule has 128 valence electrons. The number of nitrogens with zero attached hydrogens (tertiary/aromatic N) is 2. The van der Waals surface area contributed by atoms with Crippen molar-refractivity contribution in [2.75, 3.05) is 26.8 Å². The van der Waals surface area contributed by atoms with Gasteiger partial charge in [-0.2, -0.15) is 0 Å². The number of amides is 1. The summed E-state index contributed by atoms with van der Waals surface area (Å²) in [5.74, 6) is -1.04. The molecule has 0 aliphatic carbocycles. The molecular formula is C16H24N2O4S. The Balaban J connectivity index is 2.23. The standard InChI is InChI=1S/C16H24N2O4S/c1-10-11(23-13(17-10)15(2,3)4)12(19)18-7-6-16(8-18,9-22-5)14(20)21/h6-9H2,1-5H3,(H,20,21). The van der Waals surface area contributed by atoms with Crippen molar-refractivity contribution in [3.8, 4) is 0 Å². The van der Waals surface area contributed by atoms with Crippen LogP contribution >= 0.6 is 11.3 Å². The van der Waals surface area contributed by atoms with Gasteiger partial charge in [0.25, 0.3) is 5.91 Å². The highest BCUT2D eigenvalue weighted by Crippen LogP contribution is 2.35. The van der Waals surface area contributed by atoms with Gasteiger partial charge in [-0.1, -0.05) is 20.8 Å². The summed E-state index contributed by atoms with van der Waals surface area (Å²) in [6.07, 6.45) is 0.409. The number of aromatic nitrogens is 1. The summed E-state index contributed by atoms with van der Waals surface area (Å²) >= 11 is 1.40. The van der Waals surface area contributed by atoms with Gasteiger partial charge in [-0.25, -0.2) is 4.98 Å². The predicted molar refractivity (Wildman–Crippen MR) is 88.0 cm³/mol. The summed E-state index contributed by atoms with van der Waals surface area (Å²) in [5, 5.41) is 10.4. The fraction of sp³-hybridized carbons (Fsp3) is 0.688. The highest BCUT2D eigenvalue weighted by molar-refractivity contribution is 7.14. The number of rotatable bonds is 4. The van der Waals surface area contributed by atoms with Crippen molar-refractivity contribution >= 4 is 23.2 Å². The quantitative estimate of drug-likeness (QED) is 0.910. The number of carboxylic acids is 1. The van der Waals surface area contributed by atoms with Crippen LogP contribution in [0.1, 0.15) is 47.6 Å². The number of hydrogen-bond acceptors (Lipinski definition) is 5. The Morgan fingerprint density at radius 2 is 2.09 bits per heavy atom. The summed E-state index contributed by atoms with van der Waals surface area (Å²) in [7, 11) is 1.48. The van der Waals surface area contributed by atoms with Gasteiger partial charge < -0.3 is 14.7 Å². The Kier molecular flexibility index (Phi) is 4.82. The first-order valence-corrected chi connectivity index (χ1v) is 8.42. The topological polar surface area (TPSA) is 79.7 Å². The molecule has 1 aromatic heterocycles. The Labute approximate surface area is 140 Å². The Morgan fingerprint density at radius 3 is 2.57 bits per heavy atom. The Morgan fingerprint density at radius 1 is 1.43 bits per heavy atom. The van der Waals surface area contributed by atoms with Crippen LogP contribution in [-0.4, -0.2) is 53.7 Å². The second-order valence-electron chi connectivity index (χ2n) is 7.18. The van der Waals surface area contributed by atoms with Crippen molar-refractivity contribution in [2.45, 2.75) is 39.5 Å². The van der Waals surface area contributed by atoms with E-state index in [0.29, 0.717) is 23.5 Å². The van der Waals surface area contributed by atoms with Crippen molar-refractivity contribution in [1.82, 2.24) is 9.88 Å². The maximum absolute atomic E-state index is 12.8. The molecule has 0 bridgehead atoms. The molecule has 1 atom stereocenters. The first-order valence-electron chi connectivity index (χ1n) is 7.60. The predicted octanol–water partition coefficient (Wildman–Crippen LogP) is 2.31. The largest absolute Gasteiger partial charge is 0.481 e. The molecule has 1 N–H and O–H groups in total. The van der Waals surface area contributed by atoms with Crippen molar-refractivity contribution in [1.29, 1.82) is 0 Å². The summed E-state index contributed by atoms with van der Waals surface area (Å²) < 4.78 is 5.07. The van der Waals surface area contributed by atoms with E-state index in [0.717, 1.165) is 5.01 Å². The molecule has 1 aliphatic rings. The van der Waals surface area contributed by atoms with E-state index in [1.54, 1.807) is 4.90 Å². The van der Waals surface area contributed by atoms with E-state index in [9.17, 15) is 14.7 Å². The number of aryl methyl sites for hydroxylation is 1. The van der Waals surface area contributed by atoms with Crippen molar-refractivity contribution < 1.29 is 19.4 Å². The molecule has 0 radical (unpaired) electrons. The fourth-order valence-electron chi connectivity index (χ4n) is 2.74. The van der Waals surface area contributed by atoms with Crippen LogP contribution in [0.3, 0.4) is 0 Å². The van der Waals surface area contributed by atoms with Gasteiger partial charge in [0.2, 0.25) is 0 Å². The third kappa shape index (κ3) is 3.40. The normalized spacial score (nSPS) is 21.7. The minimum Gasteiger partial charge on any atom is -0.481 e. The van der Waals surface area contributed by atoms with Crippen molar-refractivity contribution in [3.05, 3.63) is 15.6 Å². The third-order valence-electron chi connectivity index (χ3n) is 4.15. The number of methoxy groups -OCH3 is 1. The molecule has 0 aromatic carbocycles. The lowest BCUT2D eigenvalue weighted by Gasteiger charge is -2.23. The molecule has 7 heteroatoms. The van der Waals surface area contributed by atoms with Crippen molar-refractivity contribution in [3.63, 3.8) is 0 Å². The number of aliphatic carboxylic acids is 1. The maximum Gasteiger partial charge on any atom is 0.313 e. The molecular weight excluding hydrogens is 316 g/mol. The van der Waals surface area contributed by atoms with Crippen LogP contribution < -0.4 is 0 Å². The van der Waals surface area contributed by atoms with E-state index in [-0.39, 0.29) is 24.5 Å². The zero-order chi connectivity index (χ0) is 17.4. The number of likely N-dealkylation sites (tertiary alicyclic amines) is 1. The van der Waals surface area contributed by atoms with E-state index < -0.39 is 11.4 Å². The molecule has 6 nitrogen and oxygen atoms in total. The van der Waals surface area contributed by atoms with Crippen LogP contribution in [0.4, 0.5) is 0 Å². The van der Waals surface area contributed by atoms with E-state index in [2.05, 4.69) is 25.8 Å². The van der Waals surface area contributed by atoms with E-state index >= 15 is 0 Å². The van der Waals surface area contributed by atoms with Gasteiger partial charge in [0.1, 0.15) is 10.3 Å². The van der Waals surface area contributed by atoms with Crippen LogP contribution in [0.2, 0.25) is 0 Å². The average Bonchev–Trinajstić information content (AvgIpc) is 3.03. The minimum absolute atomic E-state index is 0.111. The Bertz CT molecular complexity index is 620. The van der Waals surface area contributed by atoms with E-state index in [1.807, 2.05) is 6.92 Å². The number of ether oxygens (including phenoxy) is 1. The van der Waals surface area contributed by atoms with Gasteiger partial charge >= 0.3 is 5.97 Å². The Hall–Kier alpha value is -1.47. The van der Waals surface area contributed by atoms with Gasteiger partial charge in [0.15, 0.2) is 0 Å². The van der Waals surface area contributed by atoms with E-state index in [1.165, 1.54) is 18.4 Å². The van der Waals surface area contributed by atoms with Gasteiger partial charge in [0.05, 0.1) is 17.3 Å². The summed E-state index contributed by atoms with van der Waals surface area (Å²) in [5.41, 5.74) is -0.403. The minimum atomic E-state index is -1.00. The molecule has 23 heavy (non-hydrogen) atoms. The molecule has 1 amide bonds. The lowest BCUT2D eigenvalue weighted by Crippen LogP contribution is -2.40. The second kappa shape index (κ2) is 6.20. The van der Waals surface area contributed by atoms with Gasteiger partial charge in [-0.15, -0.1) is 11.3 Å². The molecule has 1 aliphatic heterocycles. The SMILES string of the molecule is COCC1(C(=O)O)CCN(C(=O)c2sc(C(C)(C)C)nc2C)C1. The van der Waals surface area contributed by atoms with Crippen LogP contribution in [0.5, 0.6) is 0 Å². The summed E-state index contributed by atoms with van der Waals surface area (Å²) in [6, 6.07) is 0. The fourth-order valence-corrected chi connectivity index (χ4v) is 3.83.